The Bertz CT molecular complexity index is 863. The number of fused-ring (bicyclic) bond motifs is 3. The molecular weight excluding hydrogens is 480 g/mol. The van der Waals surface area contributed by atoms with E-state index in [4.69, 9.17) is 0 Å². The fourth-order valence-corrected chi connectivity index (χ4v) is 15.0. The minimum absolute atomic E-state index is 0.454. The predicted molar refractivity (Wildman–Crippen MR) is 175 cm³/mol. The Labute approximate surface area is 252 Å². The first kappa shape index (κ1) is 31.4. The number of hydrogen-bond donors (Lipinski definition) is 0. The fraction of sp³-hybridized carbons (Fsp3) is 1.00. The molecule has 0 aromatic rings. The Morgan fingerprint density at radius 1 is 0.725 bits per heavy atom. The summed E-state index contributed by atoms with van der Waals surface area (Å²) >= 11 is 0. The molecule has 0 amide bonds. The molecule has 40 heavy (non-hydrogen) atoms. The molecule has 0 heterocycles. The highest BCUT2D eigenvalue weighted by Crippen LogP contribution is 2.75. The van der Waals surface area contributed by atoms with Crippen molar-refractivity contribution < 1.29 is 0 Å². The summed E-state index contributed by atoms with van der Waals surface area (Å²) in [5.74, 6) is 12.6. The van der Waals surface area contributed by atoms with Crippen LogP contribution in [-0.2, 0) is 0 Å². The molecular formula is C40H72. The van der Waals surface area contributed by atoms with Crippen LogP contribution in [0.15, 0.2) is 0 Å². The molecule has 14 atom stereocenters. The molecule has 5 aliphatic rings. The summed E-state index contributed by atoms with van der Waals surface area (Å²) in [5, 5.41) is 0. The lowest BCUT2D eigenvalue weighted by molar-refractivity contribution is -0.251. The summed E-state index contributed by atoms with van der Waals surface area (Å²) in [5.41, 5.74) is 1.44. The lowest BCUT2D eigenvalue weighted by Crippen LogP contribution is -2.67. The van der Waals surface area contributed by atoms with Gasteiger partial charge in [-0.1, -0.05) is 122 Å². The zero-order valence-electron chi connectivity index (χ0n) is 29.4. The molecule has 0 heteroatoms. The van der Waals surface area contributed by atoms with Crippen molar-refractivity contribution in [3.63, 3.8) is 0 Å². The van der Waals surface area contributed by atoms with Gasteiger partial charge in [-0.3, -0.25) is 0 Å². The second-order valence-electron chi connectivity index (χ2n) is 18.9. The van der Waals surface area contributed by atoms with Crippen molar-refractivity contribution in [3.05, 3.63) is 0 Å². The van der Waals surface area contributed by atoms with Crippen LogP contribution in [0.1, 0.15) is 154 Å². The molecule has 5 aliphatic carbocycles. The molecule has 5 saturated carbocycles. The summed E-state index contributed by atoms with van der Waals surface area (Å²) in [6, 6.07) is 0. The number of hydrogen-bond acceptors (Lipinski definition) is 0. The molecule has 14 unspecified atom stereocenters. The first-order chi connectivity index (χ1) is 18.7. The third kappa shape index (κ3) is 4.81. The van der Waals surface area contributed by atoms with E-state index < -0.39 is 0 Å². The van der Waals surface area contributed by atoms with Gasteiger partial charge in [0, 0.05) is 0 Å². The monoisotopic (exact) mass is 553 g/mol. The highest BCUT2D eigenvalue weighted by atomic mass is 14.7. The average Bonchev–Trinajstić information content (AvgIpc) is 2.85. The smallest absolute Gasteiger partial charge is 0.0215 e. The molecule has 5 rings (SSSR count). The van der Waals surface area contributed by atoms with Gasteiger partial charge in [0.1, 0.15) is 0 Å². The quantitative estimate of drug-likeness (QED) is 0.318. The maximum Gasteiger partial charge on any atom is -0.0215 e. The number of rotatable bonds is 5. The highest BCUT2D eigenvalue weighted by molar-refractivity contribution is 5.17. The van der Waals surface area contributed by atoms with E-state index in [-0.39, 0.29) is 0 Å². The third-order valence-corrected chi connectivity index (χ3v) is 16.5. The van der Waals surface area contributed by atoms with Crippen LogP contribution in [0.2, 0.25) is 0 Å². The van der Waals surface area contributed by atoms with Crippen LogP contribution in [0.3, 0.4) is 0 Å². The summed E-state index contributed by atoms with van der Waals surface area (Å²) < 4.78 is 0. The second-order valence-corrected chi connectivity index (χ2v) is 18.9. The van der Waals surface area contributed by atoms with E-state index in [9.17, 15) is 0 Å². The zero-order chi connectivity index (χ0) is 29.4. The van der Waals surface area contributed by atoms with Crippen LogP contribution in [0.5, 0.6) is 0 Å². The predicted octanol–water partition coefficient (Wildman–Crippen LogP) is 12.2. The maximum atomic E-state index is 2.81. The van der Waals surface area contributed by atoms with Gasteiger partial charge in [0.25, 0.3) is 0 Å². The normalized spacial score (nSPS) is 53.7. The van der Waals surface area contributed by atoms with Crippen LogP contribution in [0.4, 0.5) is 0 Å². The summed E-state index contributed by atoms with van der Waals surface area (Å²) in [4.78, 5) is 0. The Kier molecular flexibility index (Phi) is 8.78. The maximum absolute atomic E-state index is 2.81. The topological polar surface area (TPSA) is 0 Å². The van der Waals surface area contributed by atoms with E-state index in [0.29, 0.717) is 16.2 Å². The SMILES string of the molecule is CC(C)C1CC(CCC2CCCCC2)C(C)C2C(C)C3C(C)C4(C)C(C)C(C(C)C)C(C)CC4(C)CC3(C)CC12. The summed E-state index contributed by atoms with van der Waals surface area (Å²) in [6.45, 7) is 32.3. The van der Waals surface area contributed by atoms with Gasteiger partial charge in [0.2, 0.25) is 0 Å². The van der Waals surface area contributed by atoms with Crippen LogP contribution in [0, 0.1) is 99.1 Å². The van der Waals surface area contributed by atoms with Crippen molar-refractivity contribution in [2.45, 2.75) is 154 Å². The molecule has 0 spiro atoms. The Balaban J connectivity index is 1.46. The van der Waals surface area contributed by atoms with Crippen molar-refractivity contribution >= 4 is 0 Å². The molecule has 0 bridgehead atoms. The molecule has 0 nitrogen and oxygen atoms in total. The Morgan fingerprint density at radius 2 is 1.38 bits per heavy atom. The molecule has 0 aromatic carbocycles. The molecule has 0 radical (unpaired) electrons. The third-order valence-electron chi connectivity index (χ3n) is 16.5. The van der Waals surface area contributed by atoms with Crippen LogP contribution in [-0.4, -0.2) is 0 Å². The first-order valence-corrected chi connectivity index (χ1v) is 18.7. The van der Waals surface area contributed by atoms with E-state index in [1.807, 2.05) is 0 Å². The summed E-state index contributed by atoms with van der Waals surface area (Å²) in [7, 11) is 0. The van der Waals surface area contributed by atoms with Crippen LogP contribution < -0.4 is 0 Å². The van der Waals surface area contributed by atoms with Gasteiger partial charge in [-0.15, -0.1) is 0 Å². The van der Waals surface area contributed by atoms with Gasteiger partial charge in [-0.25, -0.2) is 0 Å². The Morgan fingerprint density at radius 3 is 1.98 bits per heavy atom. The van der Waals surface area contributed by atoms with Crippen molar-refractivity contribution in [1.82, 2.24) is 0 Å². The second kappa shape index (κ2) is 11.2. The average molecular weight is 553 g/mol. The van der Waals surface area contributed by atoms with E-state index in [0.717, 1.165) is 82.9 Å². The van der Waals surface area contributed by atoms with Crippen LogP contribution in [0.25, 0.3) is 0 Å². The fourth-order valence-electron chi connectivity index (χ4n) is 15.0. The molecule has 0 aromatic heterocycles. The van der Waals surface area contributed by atoms with Crippen molar-refractivity contribution in [3.8, 4) is 0 Å². The van der Waals surface area contributed by atoms with Crippen molar-refractivity contribution in [2.75, 3.05) is 0 Å². The van der Waals surface area contributed by atoms with E-state index in [2.05, 4.69) is 83.1 Å². The molecule has 232 valence electrons. The van der Waals surface area contributed by atoms with Crippen LogP contribution >= 0.6 is 0 Å². The van der Waals surface area contributed by atoms with Gasteiger partial charge < -0.3 is 0 Å². The lowest BCUT2D eigenvalue weighted by Gasteiger charge is -2.73. The largest absolute Gasteiger partial charge is 0.0625 e. The summed E-state index contributed by atoms with van der Waals surface area (Å²) in [6.07, 6.45) is 16.6. The van der Waals surface area contributed by atoms with E-state index in [1.54, 1.807) is 0 Å². The highest BCUT2D eigenvalue weighted by Gasteiger charge is 2.69. The van der Waals surface area contributed by atoms with Crippen molar-refractivity contribution in [1.29, 1.82) is 0 Å². The molecule has 5 fully saturated rings. The van der Waals surface area contributed by atoms with E-state index in [1.165, 1.54) is 70.6 Å². The van der Waals surface area contributed by atoms with Crippen molar-refractivity contribution in [2.24, 2.45) is 99.1 Å². The molecule has 0 N–H and O–H groups in total. The first-order valence-electron chi connectivity index (χ1n) is 18.7. The molecule has 0 aliphatic heterocycles. The zero-order valence-corrected chi connectivity index (χ0v) is 29.4. The van der Waals surface area contributed by atoms with Gasteiger partial charge >= 0.3 is 0 Å². The minimum atomic E-state index is 0.454. The van der Waals surface area contributed by atoms with Gasteiger partial charge in [-0.2, -0.15) is 0 Å². The van der Waals surface area contributed by atoms with Gasteiger partial charge in [0.05, 0.1) is 0 Å². The lowest BCUT2D eigenvalue weighted by atomic mass is 9.31. The van der Waals surface area contributed by atoms with Gasteiger partial charge in [0.15, 0.2) is 0 Å². The minimum Gasteiger partial charge on any atom is -0.0625 e. The van der Waals surface area contributed by atoms with E-state index >= 15 is 0 Å². The molecule has 0 saturated heterocycles. The standard InChI is InChI=1S/C40H72/c1-24(2)33-20-32(19-18-31-16-14-13-15-17-31)27(6)36-28(7)37-30(9)40(12)29(8)35(25(3)4)26(5)21-39(40,11)23-38(37,10)22-34(33)36/h24-37H,13-23H2,1-12H3. The van der Waals surface area contributed by atoms with Gasteiger partial charge in [-0.05, 0) is 131 Å². The Hall–Kier alpha value is 0.